The lowest BCUT2D eigenvalue weighted by Crippen LogP contribution is -2.33. The zero-order valence-electron chi connectivity index (χ0n) is 7.96. The summed E-state index contributed by atoms with van der Waals surface area (Å²) in [6, 6.07) is 3.42. The molecule has 86 valence electrons. The van der Waals surface area contributed by atoms with Crippen LogP contribution in [0.5, 0.6) is 0 Å². The average molecular weight is 291 g/mol. The molecule has 3 N–H and O–H groups in total. The molecule has 0 bridgehead atoms. The third kappa shape index (κ3) is 3.50. The second-order valence-electron chi connectivity index (χ2n) is 2.80. The van der Waals surface area contributed by atoms with E-state index in [0.29, 0.717) is 4.47 Å². The number of nitrogens with one attached hydrogen (secondary N) is 2. The Hall–Kier alpha value is -1.63. The highest BCUT2D eigenvalue weighted by Gasteiger charge is 2.10. The molecule has 5 nitrogen and oxygen atoms in total. The molecule has 0 aromatic heterocycles. The van der Waals surface area contributed by atoms with E-state index in [1.807, 2.05) is 5.32 Å². The Balaban J connectivity index is 2.66. The number of carbonyl (C=O) groups excluding carboxylic acids is 1. The molecule has 1 aromatic rings. The third-order valence-corrected chi connectivity index (χ3v) is 2.26. The number of aliphatic carboxylic acids is 1. The minimum Gasteiger partial charge on any atom is -0.480 e. The van der Waals surface area contributed by atoms with Crippen LogP contribution in [-0.2, 0) is 4.79 Å². The number of para-hydroxylation sites is 1. The molecule has 0 aliphatic rings. The smallest absolute Gasteiger partial charge is 0.323 e. The van der Waals surface area contributed by atoms with Gasteiger partial charge in [0, 0.05) is 4.47 Å². The highest BCUT2D eigenvalue weighted by Crippen LogP contribution is 2.24. The first kappa shape index (κ1) is 12.4. The van der Waals surface area contributed by atoms with Crippen molar-refractivity contribution < 1.29 is 19.1 Å². The van der Waals surface area contributed by atoms with Crippen molar-refractivity contribution in [3.05, 3.63) is 28.5 Å². The summed E-state index contributed by atoms with van der Waals surface area (Å²) in [5, 5.41) is 12.6. The van der Waals surface area contributed by atoms with Crippen LogP contribution in [-0.4, -0.2) is 23.7 Å². The maximum atomic E-state index is 13.2. The van der Waals surface area contributed by atoms with Gasteiger partial charge >= 0.3 is 12.0 Å². The molecule has 1 aromatic carbocycles. The molecule has 0 heterocycles. The molecule has 2 amide bonds. The fraction of sp³-hybridized carbons (Fsp3) is 0.111. The highest BCUT2D eigenvalue weighted by atomic mass is 79.9. The summed E-state index contributed by atoms with van der Waals surface area (Å²) in [5.41, 5.74) is -0.0367. The molecule has 0 atom stereocenters. The van der Waals surface area contributed by atoms with Crippen molar-refractivity contribution in [1.29, 1.82) is 0 Å². The van der Waals surface area contributed by atoms with Crippen molar-refractivity contribution >= 4 is 33.6 Å². The summed E-state index contributed by atoms with van der Waals surface area (Å²) in [6.45, 7) is -0.530. The van der Waals surface area contributed by atoms with Gasteiger partial charge in [0.25, 0.3) is 0 Å². The van der Waals surface area contributed by atoms with E-state index in [2.05, 4.69) is 21.2 Å². The number of benzene rings is 1. The van der Waals surface area contributed by atoms with Crippen LogP contribution in [0.2, 0.25) is 0 Å². The molecular weight excluding hydrogens is 283 g/mol. The number of carboxylic acids is 1. The molecule has 0 spiro atoms. The fourth-order valence-electron chi connectivity index (χ4n) is 0.931. The van der Waals surface area contributed by atoms with Crippen LogP contribution in [0.15, 0.2) is 22.7 Å². The SMILES string of the molecule is O=C(O)CNC(=O)Nc1c(F)cccc1Br. The molecular formula is C9H8BrFN2O3. The largest absolute Gasteiger partial charge is 0.480 e. The van der Waals surface area contributed by atoms with E-state index in [1.54, 1.807) is 6.07 Å². The van der Waals surface area contributed by atoms with Gasteiger partial charge < -0.3 is 15.7 Å². The number of hydrogen-bond donors (Lipinski definition) is 3. The van der Waals surface area contributed by atoms with Gasteiger partial charge in [-0.15, -0.1) is 0 Å². The number of halogens is 2. The van der Waals surface area contributed by atoms with Crippen molar-refractivity contribution in [3.8, 4) is 0 Å². The minimum absolute atomic E-state index is 0.0367. The van der Waals surface area contributed by atoms with Crippen molar-refractivity contribution in [2.24, 2.45) is 0 Å². The van der Waals surface area contributed by atoms with Gasteiger partial charge in [0.2, 0.25) is 0 Å². The van der Waals surface area contributed by atoms with Crippen LogP contribution in [0.25, 0.3) is 0 Å². The summed E-state index contributed by atoms with van der Waals surface area (Å²) < 4.78 is 13.6. The van der Waals surface area contributed by atoms with E-state index in [0.717, 1.165) is 0 Å². The monoisotopic (exact) mass is 290 g/mol. The van der Waals surface area contributed by atoms with E-state index in [4.69, 9.17) is 5.11 Å². The van der Waals surface area contributed by atoms with E-state index >= 15 is 0 Å². The van der Waals surface area contributed by atoms with Crippen molar-refractivity contribution in [3.63, 3.8) is 0 Å². The second kappa shape index (κ2) is 5.45. The van der Waals surface area contributed by atoms with Gasteiger partial charge in [0.15, 0.2) is 0 Å². The van der Waals surface area contributed by atoms with E-state index in [9.17, 15) is 14.0 Å². The Bertz CT molecular complexity index is 405. The Morgan fingerprint density at radius 3 is 2.69 bits per heavy atom. The standard InChI is InChI=1S/C9H8BrFN2O3/c10-5-2-1-3-6(11)8(5)13-9(16)12-4-7(14)15/h1-3H,4H2,(H,14,15)(H2,12,13,16). The molecule has 0 fully saturated rings. The number of carboxylic acid groups (broad SMARTS) is 1. The molecule has 0 aliphatic carbocycles. The first-order valence-electron chi connectivity index (χ1n) is 4.21. The van der Waals surface area contributed by atoms with E-state index in [1.165, 1.54) is 12.1 Å². The number of urea groups is 1. The van der Waals surface area contributed by atoms with Crippen molar-refractivity contribution in [1.82, 2.24) is 5.32 Å². The summed E-state index contributed by atoms with van der Waals surface area (Å²) in [6.07, 6.45) is 0. The summed E-state index contributed by atoms with van der Waals surface area (Å²) in [4.78, 5) is 21.3. The van der Waals surface area contributed by atoms with E-state index in [-0.39, 0.29) is 5.69 Å². The molecule has 7 heteroatoms. The summed E-state index contributed by atoms with van der Waals surface area (Å²) >= 11 is 3.06. The van der Waals surface area contributed by atoms with Crippen molar-refractivity contribution in [2.75, 3.05) is 11.9 Å². The van der Waals surface area contributed by atoms with Gasteiger partial charge in [-0.3, -0.25) is 4.79 Å². The van der Waals surface area contributed by atoms with Gasteiger partial charge in [0.05, 0.1) is 5.69 Å². The first-order chi connectivity index (χ1) is 7.50. The van der Waals surface area contributed by atoms with Crippen LogP contribution >= 0.6 is 15.9 Å². The Morgan fingerprint density at radius 1 is 1.44 bits per heavy atom. The van der Waals surface area contributed by atoms with E-state index < -0.39 is 24.4 Å². The number of amides is 2. The highest BCUT2D eigenvalue weighted by molar-refractivity contribution is 9.10. The van der Waals surface area contributed by atoms with Gasteiger partial charge in [-0.1, -0.05) is 6.07 Å². The zero-order valence-corrected chi connectivity index (χ0v) is 9.54. The van der Waals surface area contributed by atoms with Gasteiger partial charge in [0.1, 0.15) is 12.4 Å². The lowest BCUT2D eigenvalue weighted by atomic mass is 10.3. The maximum absolute atomic E-state index is 13.2. The maximum Gasteiger partial charge on any atom is 0.323 e. The minimum atomic E-state index is -1.18. The molecule has 16 heavy (non-hydrogen) atoms. The predicted octanol–water partition coefficient (Wildman–Crippen LogP) is 1.79. The molecule has 0 radical (unpaired) electrons. The number of anilines is 1. The second-order valence-corrected chi connectivity index (χ2v) is 3.65. The summed E-state index contributed by atoms with van der Waals surface area (Å²) in [7, 11) is 0. The van der Waals surface area contributed by atoms with Gasteiger partial charge in [-0.05, 0) is 28.1 Å². The third-order valence-electron chi connectivity index (χ3n) is 1.60. The number of hydrogen-bond acceptors (Lipinski definition) is 2. The van der Waals surface area contributed by atoms with Crippen LogP contribution in [0, 0.1) is 5.82 Å². The molecule has 0 saturated carbocycles. The molecule has 0 aliphatic heterocycles. The zero-order chi connectivity index (χ0) is 12.1. The molecule has 0 unspecified atom stereocenters. The lowest BCUT2D eigenvalue weighted by molar-refractivity contribution is -0.135. The lowest BCUT2D eigenvalue weighted by Gasteiger charge is -2.08. The quantitative estimate of drug-likeness (QED) is 0.794. The van der Waals surface area contributed by atoms with Gasteiger partial charge in [-0.2, -0.15) is 0 Å². The van der Waals surface area contributed by atoms with Crippen LogP contribution in [0.1, 0.15) is 0 Å². The van der Waals surface area contributed by atoms with Crippen molar-refractivity contribution in [2.45, 2.75) is 0 Å². The predicted molar refractivity (Wildman–Crippen MR) is 58.8 cm³/mol. The molecule has 0 saturated heterocycles. The van der Waals surface area contributed by atoms with Crippen LogP contribution < -0.4 is 10.6 Å². The van der Waals surface area contributed by atoms with Gasteiger partial charge in [-0.25, -0.2) is 9.18 Å². The Morgan fingerprint density at radius 2 is 2.12 bits per heavy atom. The normalized spacial score (nSPS) is 9.62. The summed E-state index contributed by atoms with van der Waals surface area (Å²) in [5.74, 6) is -1.79. The molecule has 1 rings (SSSR count). The number of rotatable bonds is 3. The first-order valence-corrected chi connectivity index (χ1v) is 5.00. The Kier molecular flexibility index (Phi) is 4.24. The average Bonchev–Trinajstić information content (AvgIpc) is 2.21. The fourth-order valence-corrected chi connectivity index (χ4v) is 1.37. The number of carbonyl (C=O) groups is 2. The Labute approximate surface area is 98.8 Å². The van der Waals surface area contributed by atoms with Crippen LogP contribution in [0.3, 0.4) is 0 Å². The topological polar surface area (TPSA) is 78.4 Å². The van der Waals surface area contributed by atoms with Crippen LogP contribution in [0.4, 0.5) is 14.9 Å².